The molecule has 1 unspecified atom stereocenters. The maximum absolute atomic E-state index is 11.6. The summed E-state index contributed by atoms with van der Waals surface area (Å²) in [6, 6.07) is 1.31. The summed E-state index contributed by atoms with van der Waals surface area (Å²) in [5, 5.41) is 0. The minimum absolute atomic E-state index is 0.485. The van der Waals surface area contributed by atoms with Gasteiger partial charge in [-0.25, -0.2) is 0 Å². The summed E-state index contributed by atoms with van der Waals surface area (Å²) in [5.74, 6) is 0.485. The molecule has 2 rings (SSSR count). The van der Waals surface area contributed by atoms with E-state index in [0.717, 1.165) is 31.8 Å². The van der Waals surface area contributed by atoms with Gasteiger partial charge in [-0.1, -0.05) is 39.0 Å². The smallest absolute Gasteiger partial charge is 0.135 e. The minimum Gasteiger partial charge on any atom is -0.300 e. The summed E-state index contributed by atoms with van der Waals surface area (Å²) in [5.41, 5.74) is 0. The Morgan fingerprint density at radius 1 is 1.12 bits per heavy atom. The molecular weight excluding hydrogens is 210 g/mol. The maximum atomic E-state index is 11.6. The number of nitrogens with zero attached hydrogens (tertiary/aromatic N) is 1. The second kappa shape index (κ2) is 6.53. The van der Waals surface area contributed by atoms with Gasteiger partial charge in [-0.15, -0.1) is 0 Å². The van der Waals surface area contributed by atoms with Crippen LogP contribution in [0.1, 0.15) is 71.1 Å². The van der Waals surface area contributed by atoms with Crippen molar-refractivity contribution in [3.05, 3.63) is 0 Å². The van der Waals surface area contributed by atoms with Crippen LogP contribution in [-0.4, -0.2) is 29.3 Å². The van der Waals surface area contributed by atoms with Gasteiger partial charge in [-0.05, 0) is 19.3 Å². The van der Waals surface area contributed by atoms with E-state index in [1.54, 1.807) is 0 Å². The highest BCUT2D eigenvalue weighted by molar-refractivity contribution is 5.80. The Morgan fingerprint density at radius 3 is 2.41 bits per heavy atom. The first-order chi connectivity index (χ1) is 8.31. The summed E-state index contributed by atoms with van der Waals surface area (Å²) in [6.45, 7) is 3.27. The summed E-state index contributed by atoms with van der Waals surface area (Å²) in [7, 11) is 0. The Bertz CT molecular complexity index is 243. The Balaban J connectivity index is 1.95. The summed E-state index contributed by atoms with van der Waals surface area (Å²) in [6.07, 6.45) is 12.5. The zero-order chi connectivity index (χ0) is 12.1. The molecule has 2 heteroatoms. The van der Waals surface area contributed by atoms with E-state index in [1.807, 2.05) is 0 Å². The SMILES string of the molecule is CCC1CC(=O)CCN1C1CCCCCCC1. The molecule has 0 aromatic rings. The molecule has 0 N–H and O–H groups in total. The first-order valence-electron chi connectivity index (χ1n) is 7.58. The molecule has 98 valence electrons. The highest BCUT2D eigenvalue weighted by Gasteiger charge is 2.30. The van der Waals surface area contributed by atoms with Crippen molar-refractivity contribution in [2.75, 3.05) is 6.54 Å². The zero-order valence-corrected chi connectivity index (χ0v) is 11.3. The van der Waals surface area contributed by atoms with Crippen LogP contribution in [0.3, 0.4) is 0 Å². The van der Waals surface area contributed by atoms with Crippen LogP contribution in [0.15, 0.2) is 0 Å². The number of hydrogen-bond acceptors (Lipinski definition) is 2. The Labute approximate surface area is 106 Å². The minimum atomic E-state index is 0.485. The van der Waals surface area contributed by atoms with Crippen LogP contribution in [0.25, 0.3) is 0 Å². The number of hydrogen-bond donors (Lipinski definition) is 0. The number of ketones is 1. The molecule has 2 fully saturated rings. The van der Waals surface area contributed by atoms with Crippen molar-refractivity contribution < 1.29 is 4.79 Å². The van der Waals surface area contributed by atoms with Crippen molar-refractivity contribution in [3.63, 3.8) is 0 Å². The first-order valence-corrected chi connectivity index (χ1v) is 7.58. The lowest BCUT2D eigenvalue weighted by molar-refractivity contribution is -0.124. The topological polar surface area (TPSA) is 20.3 Å². The van der Waals surface area contributed by atoms with Gasteiger partial charge in [0.25, 0.3) is 0 Å². The van der Waals surface area contributed by atoms with Gasteiger partial charge in [0.05, 0.1) is 0 Å². The highest BCUT2D eigenvalue weighted by Crippen LogP contribution is 2.27. The average Bonchev–Trinajstić information content (AvgIpc) is 2.29. The van der Waals surface area contributed by atoms with E-state index < -0.39 is 0 Å². The van der Waals surface area contributed by atoms with Gasteiger partial charge in [0.1, 0.15) is 5.78 Å². The van der Waals surface area contributed by atoms with E-state index in [-0.39, 0.29) is 0 Å². The molecular formula is C15H27NO. The van der Waals surface area contributed by atoms with Crippen LogP contribution in [0.4, 0.5) is 0 Å². The maximum Gasteiger partial charge on any atom is 0.135 e. The summed E-state index contributed by atoms with van der Waals surface area (Å²) >= 11 is 0. The number of Topliss-reactive ketones (excluding diaryl/α,β-unsaturated/α-hetero) is 1. The molecule has 0 amide bonds. The number of likely N-dealkylation sites (tertiary alicyclic amines) is 1. The van der Waals surface area contributed by atoms with Crippen LogP contribution in [0.2, 0.25) is 0 Å². The third kappa shape index (κ3) is 3.54. The monoisotopic (exact) mass is 237 g/mol. The fourth-order valence-corrected chi connectivity index (χ4v) is 3.54. The molecule has 0 radical (unpaired) electrons. The fraction of sp³-hybridized carbons (Fsp3) is 0.933. The van der Waals surface area contributed by atoms with Crippen molar-refractivity contribution in [1.29, 1.82) is 0 Å². The predicted molar refractivity (Wildman–Crippen MR) is 71.1 cm³/mol. The molecule has 0 aromatic carbocycles. The summed E-state index contributed by atoms with van der Waals surface area (Å²) in [4.78, 5) is 14.2. The van der Waals surface area contributed by atoms with E-state index in [0.29, 0.717) is 11.8 Å². The van der Waals surface area contributed by atoms with Gasteiger partial charge in [0.15, 0.2) is 0 Å². The molecule has 1 saturated heterocycles. The van der Waals surface area contributed by atoms with Crippen molar-refractivity contribution in [3.8, 4) is 0 Å². The normalized spacial score (nSPS) is 29.9. The van der Waals surface area contributed by atoms with Crippen LogP contribution in [0, 0.1) is 0 Å². The standard InChI is InChI=1S/C15H27NO/c1-2-13-12-15(17)10-11-16(13)14-8-6-4-3-5-7-9-14/h13-14H,2-12H2,1H3. The fourth-order valence-electron chi connectivity index (χ4n) is 3.54. The van der Waals surface area contributed by atoms with E-state index >= 15 is 0 Å². The van der Waals surface area contributed by atoms with E-state index in [1.165, 1.54) is 44.9 Å². The number of rotatable bonds is 2. The molecule has 2 nitrogen and oxygen atoms in total. The summed E-state index contributed by atoms with van der Waals surface area (Å²) < 4.78 is 0. The molecule has 0 bridgehead atoms. The Kier molecular flexibility index (Phi) is 5.02. The van der Waals surface area contributed by atoms with E-state index in [4.69, 9.17) is 0 Å². The Hall–Kier alpha value is -0.370. The van der Waals surface area contributed by atoms with Crippen molar-refractivity contribution in [2.24, 2.45) is 0 Å². The number of carbonyl (C=O) groups excluding carboxylic acids is 1. The molecule has 1 atom stereocenters. The first kappa shape index (κ1) is 13.1. The van der Waals surface area contributed by atoms with E-state index in [2.05, 4.69) is 11.8 Å². The predicted octanol–water partition coefficient (Wildman–Crippen LogP) is 3.54. The third-order valence-electron chi connectivity index (χ3n) is 4.60. The van der Waals surface area contributed by atoms with Crippen molar-refractivity contribution in [1.82, 2.24) is 4.90 Å². The largest absolute Gasteiger partial charge is 0.300 e. The Morgan fingerprint density at radius 2 is 1.76 bits per heavy atom. The molecule has 0 spiro atoms. The van der Waals surface area contributed by atoms with Crippen LogP contribution < -0.4 is 0 Å². The lowest BCUT2D eigenvalue weighted by Crippen LogP contribution is -2.48. The second-order valence-corrected chi connectivity index (χ2v) is 5.79. The number of piperidine rings is 1. The van der Waals surface area contributed by atoms with Gasteiger partial charge in [-0.3, -0.25) is 9.69 Å². The van der Waals surface area contributed by atoms with E-state index in [9.17, 15) is 4.79 Å². The molecule has 17 heavy (non-hydrogen) atoms. The lowest BCUT2D eigenvalue weighted by atomic mass is 9.90. The quantitative estimate of drug-likeness (QED) is 0.732. The average molecular weight is 237 g/mol. The molecule has 1 heterocycles. The molecule has 2 aliphatic rings. The molecule has 0 aromatic heterocycles. The van der Waals surface area contributed by atoms with Crippen molar-refractivity contribution in [2.45, 2.75) is 83.2 Å². The lowest BCUT2D eigenvalue weighted by Gasteiger charge is -2.41. The van der Waals surface area contributed by atoms with Gasteiger partial charge < -0.3 is 0 Å². The van der Waals surface area contributed by atoms with Crippen LogP contribution in [0.5, 0.6) is 0 Å². The zero-order valence-electron chi connectivity index (χ0n) is 11.3. The van der Waals surface area contributed by atoms with Gasteiger partial charge in [0.2, 0.25) is 0 Å². The van der Waals surface area contributed by atoms with Gasteiger partial charge in [0, 0.05) is 31.5 Å². The van der Waals surface area contributed by atoms with Gasteiger partial charge >= 0.3 is 0 Å². The molecule has 1 aliphatic carbocycles. The highest BCUT2D eigenvalue weighted by atomic mass is 16.1. The van der Waals surface area contributed by atoms with Crippen LogP contribution >= 0.6 is 0 Å². The van der Waals surface area contributed by atoms with Gasteiger partial charge in [-0.2, -0.15) is 0 Å². The second-order valence-electron chi connectivity index (χ2n) is 5.79. The van der Waals surface area contributed by atoms with Crippen LogP contribution in [-0.2, 0) is 4.79 Å². The third-order valence-corrected chi connectivity index (χ3v) is 4.60. The molecule has 1 saturated carbocycles. The number of carbonyl (C=O) groups is 1. The molecule has 1 aliphatic heterocycles. The van der Waals surface area contributed by atoms with Crippen molar-refractivity contribution >= 4 is 5.78 Å².